The first kappa shape index (κ1) is 28.2. The van der Waals surface area contributed by atoms with E-state index in [-0.39, 0.29) is 12.6 Å². The number of benzene rings is 2. The van der Waals surface area contributed by atoms with Gasteiger partial charge in [0.2, 0.25) is 11.7 Å². The van der Waals surface area contributed by atoms with Gasteiger partial charge in [0.1, 0.15) is 18.5 Å². The van der Waals surface area contributed by atoms with Crippen LogP contribution in [0, 0.1) is 6.92 Å². The van der Waals surface area contributed by atoms with Crippen LogP contribution in [0.1, 0.15) is 30.3 Å². The molecule has 0 saturated carbocycles. The standard InChI is InChI=1S/C29H35N5O5S/c1-19-30-24-15-23(9-10-25(24)40-19)38-18-22(35)16-33-11-13-34(14-12-33)17-26-31-27(32-39-26)20-5-7-21(8-6-20)29(2,3)28(36)37-4/h5-10,15,22,35H,11-14,16-18H2,1-4H3. The third-order valence-electron chi connectivity index (χ3n) is 7.23. The second kappa shape index (κ2) is 12.0. The Hall–Kier alpha value is -3.38. The normalized spacial score (nSPS) is 15.8. The van der Waals surface area contributed by atoms with E-state index in [0.29, 0.717) is 24.8 Å². The minimum atomic E-state index is -0.739. The third kappa shape index (κ3) is 6.49. The van der Waals surface area contributed by atoms with Crippen LogP contribution in [-0.4, -0.2) is 88.5 Å². The Morgan fingerprint density at radius 2 is 1.82 bits per heavy atom. The summed E-state index contributed by atoms with van der Waals surface area (Å²) in [5, 5.41) is 15.7. The van der Waals surface area contributed by atoms with E-state index in [1.807, 2.05) is 63.2 Å². The van der Waals surface area contributed by atoms with Crippen molar-refractivity contribution in [1.29, 1.82) is 0 Å². The lowest BCUT2D eigenvalue weighted by Crippen LogP contribution is -2.48. The third-order valence-corrected chi connectivity index (χ3v) is 8.18. The van der Waals surface area contributed by atoms with Gasteiger partial charge in [-0.1, -0.05) is 29.4 Å². The first-order chi connectivity index (χ1) is 19.2. The summed E-state index contributed by atoms with van der Waals surface area (Å²) < 4.78 is 17.4. The van der Waals surface area contributed by atoms with Crippen molar-refractivity contribution in [2.24, 2.45) is 0 Å². The number of esters is 1. The maximum Gasteiger partial charge on any atom is 0.315 e. The van der Waals surface area contributed by atoms with Gasteiger partial charge in [-0.3, -0.25) is 14.6 Å². The SMILES string of the molecule is COC(=O)C(C)(C)c1ccc(-c2noc(CN3CCN(CC(O)COc4ccc5sc(C)nc5c4)CC3)n2)cc1. The van der Waals surface area contributed by atoms with Crippen LogP contribution in [-0.2, 0) is 21.5 Å². The van der Waals surface area contributed by atoms with E-state index in [9.17, 15) is 9.90 Å². The number of methoxy groups -OCH3 is 1. The number of hydrogen-bond acceptors (Lipinski definition) is 11. The van der Waals surface area contributed by atoms with Crippen LogP contribution < -0.4 is 4.74 Å². The fourth-order valence-corrected chi connectivity index (χ4v) is 5.63. The topological polar surface area (TPSA) is 114 Å². The van der Waals surface area contributed by atoms with Gasteiger partial charge in [-0.05, 0) is 38.5 Å². The van der Waals surface area contributed by atoms with Crippen LogP contribution in [0.4, 0.5) is 0 Å². The molecular formula is C29H35N5O5S. The maximum absolute atomic E-state index is 12.1. The molecule has 212 valence electrons. The quantitative estimate of drug-likeness (QED) is 0.286. The molecule has 0 bridgehead atoms. The molecule has 1 saturated heterocycles. The Labute approximate surface area is 237 Å². The molecule has 1 N–H and O–H groups in total. The highest BCUT2D eigenvalue weighted by Crippen LogP contribution is 2.28. The number of thiazole rings is 1. The van der Waals surface area contributed by atoms with E-state index in [0.717, 1.165) is 58.3 Å². The van der Waals surface area contributed by atoms with E-state index in [2.05, 4.69) is 24.9 Å². The second-order valence-corrected chi connectivity index (χ2v) is 11.8. The summed E-state index contributed by atoms with van der Waals surface area (Å²) in [5.74, 6) is 1.51. The van der Waals surface area contributed by atoms with Gasteiger partial charge in [0, 0.05) is 44.4 Å². The molecule has 2 aromatic heterocycles. The number of carbonyl (C=O) groups excluding carboxylic acids is 1. The summed E-state index contributed by atoms with van der Waals surface area (Å²) in [7, 11) is 1.39. The van der Waals surface area contributed by atoms with Crippen molar-refractivity contribution in [2.45, 2.75) is 38.8 Å². The van der Waals surface area contributed by atoms with Gasteiger partial charge in [-0.2, -0.15) is 4.98 Å². The number of fused-ring (bicyclic) bond motifs is 1. The van der Waals surface area contributed by atoms with E-state index in [1.54, 1.807) is 11.3 Å². The number of aromatic nitrogens is 3. The molecule has 1 aliphatic rings. The molecule has 0 radical (unpaired) electrons. The molecule has 0 aliphatic carbocycles. The average molecular weight is 566 g/mol. The molecule has 4 aromatic rings. The van der Waals surface area contributed by atoms with E-state index in [4.69, 9.17) is 14.0 Å². The Kier molecular flexibility index (Phi) is 8.46. The largest absolute Gasteiger partial charge is 0.491 e. The lowest BCUT2D eigenvalue weighted by atomic mass is 9.84. The van der Waals surface area contributed by atoms with Crippen LogP contribution in [0.3, 0.4) is 0 Å². The van der Waals surface area contributed by atoms with E-state index < -0.39 is 11.5 Å². The zero-order valence-electron chi connectivity index (χ0n) is 23.3. The summed E-state index contributed by atoms with van der Waals surface area (Å²) in [6.07, 6.45) is -0.581. The molecule has 40 heavy (non-hydrogen) atoms. The number of ether oxygens (including phenoxy) is 2. The van der Waals surface area contributed by atoms with Gasteiger partial charge in [0.25, 0.3) is 0 Å². The fourth-order valence-electron chi connectivity index (χ4n) is 4.82. The monoisotopic (exact) mass is 565 g/mol. The van der Waals surface area contributed by atoms with E-state index >= 15 is 0 Å². The predicted molar refractivity (Wildman–Crippen MR) is 152 cm³/mol. The molecule has 3 heterocycles. The number of nitrogens with zero attached hydrogens (tertiary/aromatic N) is 5. The zero-order chi connectivity index (χ0) is 28.3. The molecular weight excluding hydrogens is 530 g/mol. The van der Waals surface area contributed by atoms with Crippen LogP contribution in [0.5, 0.6) is 5.75 Å². The minimum absolute atomic E-state index is 0.237. The van der Waals surface area contributed by atoms with Crippen molar-refractivity contribution >= 4 is 27.5 Å². The average Bonchev–Trinajstić information content (AvgIpc) is 3.57. The maximum atomic E-state index is 12.1. The van der Waals surface area contributed by atoms with Crippen molar-refractivity contribution < 1.29 is 23.9 Å². The number of aliphatic hydroxyl groups excluding tert-OH is 1. The first-order valence-electron chi connectivity index (χ1n) is 13.4. The number of β-amino-alcohol motifs (C(OH)–C–C–N with tert-alkyl or cyclic N) is 1. The van der Waals surface area contributed by atoms with Crippen molar-refractivity contribution in [3.8, 4) is 17.1 Å². The summed E-state index contributed by atoms with van der Waals surface area (Å²) in [6, 6.07) is 13.4. The van der Waals surface area contributed by atoms with Gasteiger partial charge in [-0.25, -0.2) is 4.98 Å². The summed E-state index contributed by atoms with van der Waals surface area (Å²) in [4.78, 5) is 25.7. The van der Waals surface area contributed by atoms with E-state index in [1.165, 1.54) is 7.11 Å². The molecule has 10 nitrogen and oxygen atoms in total. The number of rotatable bonds is 10. The van der Waals surface area contributed by atoms with Crippen LogP contribution >= 0.6 is 11.3 Å². The molecule has 2 aromatic carbocycles. The van der Waals surface area contributed by atoms with Gasteiger partial charge in [0.05, 0.1) is 34.3 Å². The number of carbonyl (C=O) groups is 1. The Morgan fingerprint density at radius 1 is 1.10 bits per heavy atom. The Morgan fingerprint density at radius 3 is 2.55 bits per heavy atom. The smallest absolute Gasteiger partial charge is 0.315 e. The highest BCUT2D eigenvalue weighted by molar-refractivity contribution is 7.18. The summed E-state index contributed by atoms with van der Waals surface area (Å²) in [6.45, 7) is 10.4. The van der Waals surface area contributed by atoms with Crippen LogP contribution in [0.15, 0.2) is 47.0 Å². The van der Waals surface area contributed by atoms with Gasteiger partial charge in [-0.15, -0.1) is 11.3 Å². The molecule has 11 heteroatoms. The van der Waals surface area contributed by atoms with Crippen molar-refractivity contribution in [3.05, 3.63) is 58.9 Å². The highest BCUT2D eigenvalue weighted by Gasteiger charge is 2.31. The summed E-state index contributed by atoms with van der Waals surface area (Å²) in [5.41, 5.74) is 1.86. The molecule has 1 fully saturated rings. The molecule has 1 atom stereocenters. The van der Waals surface area contributed by atoms with Gasteiger partial charge in [0.15, 0.2) is 0 Å². The molecule has 1 aliphatic heterocycles. The Bertz CT molecular complexity index is 1440. The molecule has 1 unspecified atom stereocenters. The van der Waals surface area contributed by atoms with Crippen molar-refractivity contribution in [1.82, 2.24) is 24.9 Å². The second-order valence-electron chi connectivity index (χ2n) is 10.6. The van der Waals surface area contributed by atoms with Crippen molar-refractivity contribution in [3.63, 3.8) is 0 Å². The van der Waals surface area contributed by atoms with Gasteiger partial charge < -0.3 is 19.1 Å². The lowest BCUT2D eigenvalue weighted by molar-refractivity contribution is -0.146. The highest BCUT2D eigenvalue weighted by atomic mass is 32.1. The molecule has 0 spiro atoms. The number of hydrogen-bond donors (Lipinski definition) is 1. The van der Waals surface area contributed by atoms with Crippen LogP contribution in [0.25, 0.3) is 21.6 Å². The predicted octanol–water partition coefficient (Wildman–Crippen LogP) is 3.66. The fraction of sp³-hybridized carbons (Fsp3) is 0.448. The lowest BCUT2D eigenvalue weighted by Gasteiger charge is -2.34. The van der Waals surface area contributed by atoms with Gasteiger partial charge >= 0.3 is 5.97 Å². The molecule has 0 amide bonds. The number of aliphatic hydroxyl groups is 1. The number of aryl methyl sites for hydroxylation is 1. The van der Waals surface area contributed by atoms with Crippen molar-refractivity contribution in [2.75, 3.05) is 46.4 Å². The minimum Gasteiger partial charge on any atom is -0.491 e. The van der Waals surface area contributed by atoms with Crippen LogP contribution in [0.2, 0.25) is 0 Å². The number of piperazine rings is 1. The zero-order valence-corrected chi connectivity index (χ0v) is 24.1. The first-order valence-corrected chi connectivity index (χ1v) is 14.2. The molecule has 5 rings (SSSR count). The summed E-state index contributed by atoms with van der Waals surface area (Å²) >= 11 is 1.66. The Balaban J connectivity index is 1.07.